The summed E-state index contributed by atoms with van der Waals surface area (Å²) in [5, 5.41) is 7.76. The molecule has 0 radical (unpaired) electrons. The fourth-order valence-corrected chi connectivity index (χ4v) is 1.20. The Labute approximate surface area is 86.9 Å². The summed E-state index contributed by atoms with van der Waals surface area (Å²) in [6.07, 6.45) is 0. The van der Waals surface area contributed by atoms with E-state index in [2.05, 4.69) is 10.2 Å². The summed E-state index contributed by atoms with van der Waals surface area (Å²) in [7, 11) is 3.35. The van der Waals surface area contributed by atoms with Gasteiger partial charge in [-0.05, 0) is 0 Å². The largest absolute Gasteiger partial charge is 0.415 e. The zero-order valence-electron chi connectivity index (χ0n) is 8.64. The Bertz CT molecular complexity index is 322. The van der Waals surface area contributed by atoms with Gasteiger partial charge in [-0.3, -0.25) is 4.79 Å². The molecule has 0 atom stereocenters. The molecule has 0 aliphatic heterocycles. The smallest absolute Gasteiger partial charge is 0.290 e. The van der Waals surface area contributed by atoms with Gasteiger partial charge in [0, 0.05) is 31.8 Å². The maximum absolute atomic E-state index is 11.3. The molecule has 0 aliphatic carbocycles. The van der Waals surface area contributed by atoms with Crippen molar-refractivity contribution >= 4 is 17.0 Å². The Hall–Kier alpha value is -1.04. The summed E-state index contributed by atoms with van der Waals surface area (Å²) in [6.45, 7) is 3.91. The Kier molecular flexibility index (Phi) is 3.51. The van der Waals surface area contributed by atoms with Crippen LogP contribution in [0, 0.1) is 0 Å². The molecule has 0 fully saturated rings. The van der Waals surface area contributed by atoms with Gasteiger partial charge < -0.3 is 9.32 Å². The van der Waals surface area contributed by atoms with E-state index in [4.69, 9.17) is 4.42 Å². The molecule has 14 heavy (non-hydrogen) atoms. The fraction of sp³-hybridized carbons (Fsp3) is 0.625. The highest BCUT2D eigenvalue weighted by atomic mass is 32.2. The number of rotatable bonds is 2. The number of hydrogen-bond donors (Lipinski definition) is 0. The van der Waals surface area contributed by atoms with Crippen LogP contribution in [0.4, 0.5) is 4.79 Å². The molecule has 0 spiro atoms. The molecule has 0 unspecified atom stereocenters. The number of thioether (sulfide) groups is 1. The minimum Gasteiger partial charge on any atom is -0.415 e. The third-order valence-corrected chi connectivity index (χ3v) is 2.34. The standard InChI is InChI=1S/C8H13N3O2S/c1-5(2)6-9-10-7(13-6)14-8(12)11(3)4/h5H,1-4H3. The SMILES string of the molecule is CC(C)c1nnc(SC(=O)N(C)C)o1. The van der Waals surface area contributed by atoms with Crippen LogP contribution < -0.4 is 0 Å². The third-order valence-electron chi connectivity index (χ3n) is 1.46. The van der Waals surface area contributed by atoms with Crippen LogP contribution in [0.15, 0.2) is 9.64 Å². The lowest BCUT2D eigenvalue weighted by Crippen LogP contribution is -2.16. The van der Waals surface area contributed by atoms with Crippen LogP contribution in [-0.4, -0.2) is 34.4 Å². The molecule has 78 valence electrons. The highest BCUT2D eigenvalue weighted by Gasteiger charge is 2.14. The van der Waals surface area contributed by atoms with E-state index in [1.54, 1.807) is 14.1 Å². The lowest BCUT2D eigenvalue weighted by atomic mass is 10.2. The first-order valence-corrected chi connectivity index (χ1v) is 5.05. The first-order chi connectivity index (χ1) is 6.50. The molecule has 1 aromatic rings. The van der Waals surface area contributed by atoms with Crippen LogP contribution in [-0.2, 0) is 0 Å². The summed E-state index contributed by atoms with van der Waals surface area (Å²) in [5.74, 6) is 0.741. The van der Waals surface area contributed by atoms with Crippen molar-refractivity contribution < 1.29 is 9.21 Å². The molecule has 0 aliphatic rings. The molecule has 1 rings (SSSR count). The molecule has 1 aromatic heterocycles. The van der Waals surface area contributed by atoms with Crippen LogP contribution in [0.3, 0.4) is 0 Å². The quantitative estimate of drug-likeness (QED) is 0.706. The summed E-state index contributed by atoms with van der Waals surface area (Å²) in [4.78, 5) is 12.7. The second-order valence-corrected chi connectivity index (χ2v) is 4.23. The first-order valence-electron chi connectivity index (χ1n) is 4.23. The van der Waals surface area contributed by atoms with Crippen LogP contribution >= 0.6 is 11.8 Å². The van der Waals surface area contributed by atoms with E-state index in [1.807, 2.05) is 13.8 Å². The van der Waals surface area contributed by atoms with Gasteiger partial charge in [-0.2, -0.15) is 0 Å². The van der Waals surface area contributed by atoms with Crippen LogP contribution in [0.5, 0.6) is 0 Å². The number of aromatic nitrogens is 2. The van der Waals surface area contributed by atoms with Crippen molar-refractivity contribution in [2.24, 2.45) is 0 Å². The van der Waals surface area contributed by atoms with Gasteiger partial charge in [-0.25, -0.2) is 0 Å². The van der Waals surface area contributed by atoms with E-state index in [-0.39, 0.29) is 11.2 Å². The average molecular weight is 215 g/mol. The lowest BCUT2D eigenvalue weighted by molar-refractivity contribution is 0.241. The van der Waals surface area contributed by atoms with Crippen molar-refractivity contribution in [3.8, 4) is 0 Å². The van der Waals surface area contributed by atoms with Crippen molar-refractivity contribution in [2.75, 3.05) is 14.1 Å². The molecule has 0 saturated carbocycles. The summed E-state index contributed by atoms with van der Waals surface area (Å²) in [6, 6.07) is 0. The molecule has 1 heterocycles. The van der Waals surface area contributed by atoms with Gasteiger partial charge in [-0.1, -0.05) is 13.8 Å². The molecule has 0 bridgehead atoms. The first kappa shape index (κ1) is 11.0. The van der Waals surface area contributed by atoms with Crippen molar-refractivity contribution in [3.05, 3.63) is 5.89 Å². The highest BCUT2D eigenvalue weighted by Crippen LogP contribution is 2.21. The van der Waals surface area contributed by atoms with Gasteiger partial charge in [0.1, 0.15) is 0 Å². The highest BCUT2D eigenvalue weighted by molar-refractivity contribution is 8.13. The molecule has 0 saturated heterocycles. The van der Waals surface area contributed by atoms with Gasteiger partial charge in [0.25, 0.3) is 10.5 Å². The molecule has 5 nitrogen and oxygen atoms in total. The Balaban J connectivity index is 2.64. The third kappa shape index (κ3) is 2.73. The van der Waals surface area contributed by atoms with Crippen LogP contribution in [0.2, 0.25) is 0 Å². The maximum Gasteiger partial charge on any atom is 0.290 e. The zero-order valence-corrected chi connectivity index (χ0v) is 9.46. The average Bonchev–Trinajstić information content (AvgIpc) is 2.52. The zero-order chi connectivity index (χ0) is 10.7. The fourth-order valence-electron chi connectivity index (χ4n) is 0.661. The number of hydrogen-bond acceptors (Lipinski definition) is 5. The van der Waals surface area contributed by atoms with E-state index in [9.17, 15) is 4.79 Å². The van der Waals surface area contributed by atoms with Crippen LogP contribution in [0.25, 0.3) is 0 Å². The molecular formula is C8H13N3O2S. The topological polar surface area (TPSA) is 59.2 Å². The van der Waals surface area contributed by atoms with E-state index in [0.29, 0.717) is 11.1 Å². The number of carbonyl (C=O) groups is 1. The molecule has 6 heteroatoms. The van der Waals surface area contributed by atoms with E-state index in [1.165, 1.54) is 4.90 Å². The summed E-state index contributed by atoms with van der Waals surface area (Å²) >= 11 is 0.937. The minimum absolute atomic E-state index is 0.121. The second kappa shape index (κ2) is 4.45. The monoisotopic (exact) mass is 215 g/mol. The number of nitrogens with zero attached hydrogens (tertiary/aromatic N) is 3. The van der Waals surface area contributed by atoms with Gasteiger partial charge >= 0.3 is 0 Å². The van der Waals surface area contributed by atoms with Crippen molar-refractivity contribution in [1.29, 1.82) is 0 Å². The predicted molar refractivity (Wildman–Crippen MR) is 53.3 cm³/mol. The van der Waals surface area contributed by atoms with Gasteiger partial charge in [-0.15, -0.1) is 10.2 Å². The summed E-state index contributed by atoms with van der Waals surface area (Å²) < 4.78 is 5.26. The van der Waals surface area contributed by atoms with E-state index >= 15 is 0 Å². The maximum atomic E-state index is 11.3. The lowest BCUT2D eigenvalue weighted by Gasteiger charge is -2.05. The van der Waals surface area contributed by atoms with E-state index < -0.39 is 0 Å². The van der Waals surface area contributed by atoms with Gasteiger partial charge in [0.2, 0.25) is 5.89 Å². The van der Waals surface area contributed by atoms with Crippen molar-refractivity contribution in [2.45, 2.75) is 25.0 Å². The molecule has 0 N–H and O–H groups in total. The summed E-state index contributed by atoms with van der Waals surface area (Å²) in [5.41, 5.74) is 0. The normalized spacial score (nSPS) is 10.6. The van der Waals surface area contributed by atoms with Crippen LogP contribution in [0.1, 0.15) is 25.7 Å². The minimum atomic E-state index is -0.121. The Morgan fingerprint density at radius 3 is 2.50 bits per heavy atom. The van der Waals surface area contributed by atoms with Crippen molar-refractivity contribution in [1.82, 2.24) is 15.1 Å². The molecule has 0 aromatic carbocycles. The van der Waals surface area contributed by atoms with Gasteiger partial charge in [0.05, 0.1) is 0 Å². The Morgan fingerprint density at radius 2 is 2.07 bits per heavy atom. The second-order valence-electron chi connectivity index (χ2n) is 3.32. The molecular weight excluding hydrogens is 202 g/mol. The molecule has 1 amide bonds. The van der Waals surface area contributed by atoms with Crippen molar-refractivity contribution in [3.63, 3.8) is 0 Å². The predicted octanol–water partition coefficient (Wildman–Crippen LogP) is 1.97. The van der Waals surface area contributed by atoms with Gasteiger partial charge in [0.15, 0.2) is 0 Å². The Morgan fingerprint density at radius 1 is 1.43 bits per heavy atom. The van der Waals surface area contributed by atoms with E-state index in [0.717, 1.165) is 11.8 Å². The number of amides is 1. The number of carbonyl (C=O) groups excluding carboxylic acids is 1.